The number of sulfone groups is 1. The first-order valence-electron chi connectivity index (χ1n) is 10.1. The number of hydrogen-bond donors (Lipinski definition) is 2. The molecule has 10 heteroatoms. The number of carbonyl (C=O) groups excluding carboxylic acids is 1. The topological polar surface area (TPSA) is 112 Å². The van der Waals surface area contributed by atoms with Crippen molar-refractivity contribution in [1.82, 2.24) is 20.2 Å². The lowest BCUT2D eigenvalue weighted by Crippen LogP contribution is -2.42. The Bertz CT molecular complexity index is 1250. The van der Waals surface area contributed by atoms with Crippen molar-refractivity contribution >= 4 is 37.3 Å². The Labute approximate surface area is 184 Å². The fraction of sp³-hybridized carbons (Fsp3) is 0.381. The molecule has 1 saturated heterocycles. The number of benzene rings is 1. The van der Waals surface area contributed by atoms with Gasteiger partial charge in [0, 0.05) is 17.0 Å². The second-order valence-corrected chi connectivity index (χ2v) is 10.8. The molecule has 0 radical (unpaired) electrons. The number of carbonyl (C=O) groups is 1. The summed E-state index contributed by atoms with van der Waals surface area (Å²) in [5.74, 6) is 0.386. The van der Waals surface area contributed by atoms with E-state index >= 15 is 0 Å². The number of rotatable bonds is 7. The van der Waals surface area contributed by atoms with Crippen molar-refractivity contribution in [3.8, 4) is 11.1 Å². The molecule has 164 valence electrons. The largest absolute Gasteiger partial charge is 0.351 e. The maximum Gasteiger partial charge on any atom is 0.260 e. The van der Waals surface area contributed by atoms with Gasteiger partial charge in [-0.3, -0.25) is 14.5 Å². The fourth-order valence-electron chi connectivity index (χ4n) is 3.78. The van der Waals surface area contributed by atoms with Crippen LogP contribution in [-0.2, 0) is 21.2 Å². The fourth-order valence-corrected chi connectivity index (χ4v) is 6.42. The van der Waals surface area contributed by atoms with Crippen LogP contribution in [0.3, 0.4) is 0 Å². The van der Waals surface area contributed by atoms with Crippen molar-refractivity contribution in [1.29, 1.82) is 0 Å². The van der Waals surface area contributed by atoms with E-state index in [9.17, 15) is 18.0 Å². The molecule has 0 aliphatic carbocycles. The zero-order chi connectivity index (χ0) is 22.0. The highest BCUT2D eigenvalue weighted by atomic mass is 32.2. The molecule has 8 nitrogen and oxygen atoms in total. The van der Waals surface area contributed by atoms with E-state index in [4.69, 9.17) is 0 Å². The highest BCUT2D eigenvalue weighted by molar-refractivity contribution is 7.91. The van der Waals surface area contributed by atoms with Crippen LogP contribution in [0.5, 0.6) is 0 Å². The van der Waals surface area contributed by atoms with Gasteiger partial charge in [0.25, 0.3) is 5.56 Å². The number of aromatic amines is 1. The maximum absolute atomic E-state index is 12.8. The van der Waals surface area contributed by atoms with Gasteiger partial charge in [-0.05, 0) is 18.5 Å². The van der Waals surface area contributed by atoms with Gasteiger partial charge < -0.3 is 10.3 Å². The van der Waals surface area contributed by atoms with Crippen LogP contribution < -0.4 is 10.9 Å². The second kappa shape index (κ2) is 8.89. The normalized spacial score (nSPS) is 17.9. The molecule has 1 aliphatic rings. The quantitative estimate of drug-likeness (QED) is 0.556. The SMILES string of the molecule is CCN(CC(=O)N[C@@H]1CCS(=O)(=O)C1)Cc1nc2scc(-c3ccccc3)c2c(=O)[nH]1. The molecule has 2 N–H and O–H groups in total. The molecule has 1 atom stereocenters. The van der Waals surface area contributed by atoms with Gasteiger partial charge >= 0.3 is 0 Å². The number of amides is 1. The van der Waals surface area contributed by atoms with Crippen LogP contribution in [0.15, 0.2) is 40.5 Å². The minimum atomic E-state index is -3.04. The number of H-pyrrole nitrogens is 1. The molecule has 3 heterocycles. The number of nitrogens with zero attached hydrogens (tertiary/aromatic N) is 2. The molecule has 4 rings (SSSR count). The molecule has 1 aromatic carbocycles. The number of aromatic nitrogens is 2. The molecule has 3 aromatic rings. The lowest BCUT2D eigenvalue weighted by Gasteiger charge is -2.20. The number of nitrogens with one attached hydrogen (secondary N) is 2. The van der Waals surface area contributed by atoms with Crippen LogP contribution in [0.1, 0.15) is 19.2 Å². The summed E-state index contributed by atoms with van der Waals surface area (Å²) in [5.41, 5.74) is 1.63. The summed E-state index contributed by atoms with van der Waals surface area (Å²) in [6, 6.07) is 9.39. The minimum absolute atomic E-state index is 0.00146. The van der Waals surface area contributed by atoms with Gasteiger partial charge in [-0.25, -0.2) is 13.4 Å². The Hall–Kier alpha value is -2.56. The van der Waals surface area contributed by atoms with Crippen molar-refractivity contribution in [3.63, 3.8) is 0 Å². The number of hydrogen-bond acceptors (Lipinski definition) is 7. The van der Waals surface area contributed by atoms with Gasteiger partial charge in [-0.15, -0.1) is 11.3 Å². The predicted molar refractivity (Wildman–Crippen MR) is 122 cm³/mol. The third kappa shape index (κ3) is 5.03. The smallest absolute Gasteiger partial charge is 0.260 e. The number of likely N-dealkylation sites (N-methyl/N-ethyl adjacent to an activating group) is 1. The standard InChI is InChI=1S/C21H24N4O4S2/c1-2-25(11-18(26)22-15-8-9-31(28,29)13-15)10-17-23-20(27)19-16(12-30-21(19)24-17)14-6-4-3-5-7-14/h3-7,12,15H,2,8-11,13H2,1H3,(H,22,26)(H,23,24,27)/t15-/m1/s1. The second-order valence-electron chi connectivity index (χ2n) is 7.68. The summed E-state index contributed by atoms with van der Waals surface area (Å²) >= 11 is 1.42. The highest BCUT2D eigenvalue weighted by Crippen LogP contribution is 2.30. The number of thiophene rings is 1. The molecule has 1 aliphatic heterocycles. The zero-order valence-corrected chi connectivity index (χ0v) is 18.8. The molecule has 31 heavy (non-hydrogen) atoms. The molecule has 2 aromatic heterocycles. The molecular weight excluding hydrogens is 436 g/mol. The van der Waals surface area contributed by atoms with Crippen molar-refractivity contribution in [3.05, 3.63) is 51.9 Å². The van der Waals surface area contributed by atoms with Crippen LogP contribution in [0.25, 0.3) is 21.3 Å². The Kier molecular flexibility index (Phi) is 6.22. The van der Waals surface area contributed by atoms with Crippen LogP contribution in [0.4, 0.5) is 0 Å². The van der Waals surface area contributed by atoms with Crippen LogP contribution >= 0.6 is 11.3 Å². The lowest BCUT2D eigenvalue weighted by molar-refractivity contribution is -0.122. The van der Waals surface area contributed by atoms with Gasteiger partial charge in [0.1, 0.15) is 10.7 Å². The molecule has 1 fully saturated rings. The molecule has 0 bridgehead atoms. The Morgan fingerprint density at radius 1 is 1.32 bits per heavy atom. The van der Waals surface area contributed by atoms with E-state index < -0.39 is 9.84 Å². The Balaban J connectivity index is 1.47. The summed E-state index contributed by atoms with van der Waals surface area (Å²) in [5, 5.41) is 5.31. The van der Waals surface area contributed by atoms with E-state index in [1.165, 1.54) is 11.3 Å². The van der Waals surface area contributed by atoms with Crippen LogP contribution in [-0.4, -0.2) is 59.8 Å². The van der Waals surface area contributed by atoms with Crippen molar-refractivity contribution in [2.45, 2.75) is 25.9 Å². The summed E-state index contributed by atoms with van der Waals surface area (Å²) in [4.78, 5) is 35.1. The summed E-state index contributed by atoms with van der Waals surface area (Å²) in [6.07, 6.45) is 0.452. The van der Waals surface area contributed by atoms with E-state index in [0.717, 1.165) is 11.1 Å². The predicted octanol–water partition coefficient (Wildman–Crippen LogP) is 1.78. The van der Waals surface area contributed by atoms with Gasteiger partial charge in [0.05, 0.1) is 30.0 Å². The monoisotopic (exact) mass is 460 g/mol. The maximum atomic E-state index is 12.8. The first-order chi connectivity index (χ1) is 14.8. The zero-order valence-electron chi connectivity index (χ0n) is 17.1. The van der Waals surface area contributed by atoms with E-state index in [-0.39, 0.29) is 35.6 Å². The number of fused-ring (bicyclic) bond motifs is 1. The van der Waals surface area contributed by atoms with Crippen molar-refractivity contribution < 1.29 is 13.2 Å². The third-order valence-corrected chi connectivity index (χ3v) is 8.00. The Morgan fingerprint density at radius 3 is 2.77 bits per heavy atom. The summed E-state index contributed by atoms with van der Waals surface area (Å²) < 4.78 is 23.1. The van der Waals surface area contributed by atoms with E-state index in [0.29, 0.717) is 35.6 Å². The van der Waals surface area contributed by atoms with Crippen molar-refractivity contribution in [2.24, 2.45) is 0 Å². The van der Waals surface area contributed by atoms with E-state index in [1.54, 1.807) is 0 Å². The Morgan fingerprint density at radius 2 is 2.10 bits per heavy atom. The van der Waals surface area contributed by atoms with Crippen LogP contribution in [0.2, 0.25) is 0 Å². The van der Waals surface area contributed by atoms with E-state index in [2.05, 4.69) is 15.3 Å². The minimum Gasteiger partial charge on any atom is -0.351 e. The first kappa shape index (κ1) is 21.7. The van der Waals surface area contributed by atoms with Gasteiger partial charge in [-0.2, -0.15) is 0 Å². The average molecular weight is 461 g/mol. The molecule has 0 saturated carbocycles. The first-order valence-corrected chi connectivity index (χ1v) is 12.8. The molecule has 0 unspecified atom stereocenters. The molecule has 0 spiro atoms. The van der Waals surface area contributed by atoms with E-state index in [1.807, 2.05) is 47.5 Å². The highest BCUT2D eigenvalue weighted by Gasteiger charge is 2.29. The van der Waals surface area contributed by atoms with Crippen LogP contribution in [0, 0.1) is 0 Å². The van der Waals surface area contributed by atoms with Gasteiger partial charge in [0.15, 0.2) is 9.84 Å². The summed E-state index contributed by atoms with van der Waals surface area (Å²) in [6.45, 7) is 2.92. The van der Waals surface area contributed by atoms with Gasteiger partial charge in [0.2, 0.25) is 5.91 Å². The van der Waals surface area contributed by atoms with Gasteiger partial charge in [-0.1, -0.05) is 37.3 Å². The molecule has 1 amide bonds. The van der Waals surface area contributed by atoms with Crippen molar-refractivity contribution in [2.75, 3.05) is 24.6 Å². The molecular formula is C21H24N4O4S2. The third-order valence-electron chi connectivity index (χ3n) is 5.36. The lowest BCUT2D eigenvalue weighted by atomic mass is 10.1. The average Bonchev–Trinajstić information content (AvgIpc) is 3.31. The summed E-state index contributed by atoms with van der Waals surface area (Å²) in [7, 11) is -3.04.